The number of anilines is 1. The maximum absolute atomic E-state index is 12.2. The van der Waals surface area contributed by atoms with E-state index in [1.165, 1.54) is 0 Å². The number of ether oxygens (including phenoxy) is 1. The van der Waals surface area contributed by atoms with Gasteiger partial charge < -0.3 is 10.1 Å². The van der Waals surface area contributed by atoms with E-state index in [0.717, 1.165) is 34.5 Å². The molecule has 1 amide bonds. The number of carbonyl (C=O) groups is 1. The van der Waals surface area contributed by atoms with Crippen LogP contribution in [0.2, 0.25) is 0 Å². The molecule has 0 saturated heterocycles. The zero-order valence-electron chi connectivity index (χ0n) is 12.8. The molecule has 21 heavy (non-hydrogen) atoms. The minimum absolute atomic E-state index is 0.00717. The first-order valence-electron chi connectivity index (χ1n) is 7.15. The molecule has 2 aromatic rings. The first kappa shape index (κ1) is 15.1. The molecule has 1 N–H and O–H groups in total. The van der Waals surface area contributed by atoms with Crippen molar-refractivity contribution in [2.75, 3.05) is 12.4 Å². The third kappa shape index (κ3) is 3.85. The van der Waals surface area contributed by atoms with Gasteiger partial charge in [-0.05, 0) is 42.2 Å². The average Bonchev–Trinajstić information content (AvgIpc) is 2.49. The van der Waals surface area contributed by atoms with Crippen LogP contribution in [0.25, 0.3) is 0 Å². The fraction of sp³-hybridized carbons (Fsp3) is 0.278. The molecule has 0 aromatic heterocycles. The standard InChI is InChI=1S/C18H21NO2/c1-4-15-9-5-7-13(2)18(15)19-17(20)12-14-8-6-10-16(11-14)21-3/h5-11H,4,12H2,1-3H3,(H,19,20). The van der Waals surface area contributed by atoms with Crippen LogP contribution in [0.1, 0.15) is 23.6 Å². The number of hydrogen-bond donors (Lipinski definition) is 1. The summed E-state index contributed by atoms with van der Waals surface area (Å²) in [6, 6.07) is 13.7. The monoisotopic (exact) mass is 283 g/mol. The Bertz CT molecular complexity index is 635. The lowest BCUT2D eigenvalue weighted by Crippen LogP contribution is -2.16. The van der Waals surface area contributed by atoms with E-state index < -0.39 is 0 Å². The second-order valence-corrected chi connectivity index (χ2v) is 5.04. The molecule has 3 nitrogen and oxygen atoms in total. The number of aryl methyl sites for hydroxylation is 2. The maximum atomic E-state index is 12.2. The first-order chi connectivity index (χ1) is 10.1. The van der Waals surface area contributed by atoms with E-state index in [2.05, 4.69) is 12.2 Å². The van der Waals surface area contributed by atoms with E-state index in [-0.39, 0.29) is 5.91 Å². The summed E-state index contributed by atoms with van der Waals surface area (Å²) in [7, 11) is 1.63. The van der Waals surface area contributed by atoms with Crippen molar-refractivity contribution in [2.24, 2.45) is 0 Å². The lowest BCUT2D eigenvalue weighted by atomic mass is 10.1. The largest absolute Gasteiger partial charge is 0.497 e. The quantitative estimate of drug-likeness (QED) is 0.907. The average molecular weight is 283 g/mol. The van der Waals surface area contributed by atoms with E-state index in [0.29, 0.717) is 6.42 Å². The Kier molecular flexibility index (Phi) is 4.99. The lowest BCUT2D eigenvalue weighted by molar-refractivity contribution is -0.115. The van der Waals surface area contributed by atoms with Gasteiger partial charge in [-0.1, -0.05) is 37.3 Å². The van der Waals surface area contributed by atoms with Crippen molar-refractivity contribution >= 4 is 11.6 Å². The summed E-state index contributed by atoms with van der Waals surface area (Å²) < 4.78 is 5.18. The van der Waals surface area contributed by atoms with Crippen LogP contribution >= 0.6 is 0 Å². The Hall–Kier alpha value is -2.29. The molecule has 2 aromatic carbocycles. The third-order valence-electron chi connectivity index (χ3n) is 3.50. The first-order valence-corrected chi connectivity index (χ1v) is 7.15. The molecule has 110 valence electrons. The summed E-state index contributed by atoms with van der Waals surface area (Å²) in [5, 5.41) is 3.04. The summed E-state index contributed by atoms with van der Waals surface area (Å²) in [4.78, 5) is 12.2. The van der Waals surface area contributed by atoms with Crippen molar-refractivity contribution in [1.29, 1.82) is 0 Å². The van der Waals surface area contributed by atoms with Crippen LogP contribution in [-0.2, 0) is 17.6 Å². The van der Waals surface area contributed by atoms with E-state index in [1.54, 1.807) is 7.11 Å². The third-order valence-corrected chi connectivity index (χ3v) is 3.50. The lowest BCUT2D eigenvalue weighted by Gasteiger charge is -2.13. The highest BCUT2D eigenvalue weighted by Crippen LogP contribution is 2.21. The number of amides is 1. The molecule has 0 atom stereocenters. The van der Waals surface area contributed by atoms with Gasteiger partial charge in [-0.3, -0.25) is 4.79 Å². The molecule has 0 radical (unpaired) electrons. The SMILES string of the molecule is CCc1cccc(C)c1NC(=O)Cc1cccc(OC)c1. The number of hydrogen-bond acceptors (Lipinski definition) is 2. The van der Waals surface area contributed by atoms with Gasteiger partial charge in [0.25, 0.3) is 0 Å². The van der Waals surface area contributed by atoms with Crippen molar-refractivity contribution in [3.63, 3.8) is 0 Å². The summed E-state index contributed by atoms with van der Waals surface area (Å²) in [6.07, 6.45) is 1.24. The fourth-order valence-electron chi connectivity index (χ4n) is 2.35. The van der Waals surface area contributed by atoms with Gasteiger partial charge in [0.15, 0.2) is 0 Å². The second kappa shape index (κ2) is 6.93. The molecular weight excluding hydrogens is 262 g/mol. The molecule has 0 fully saturated rings. The van der Waals surface area contributed by atoms with Crippen LogP contribution in [0.3, 0.4) is 0 Å². The molecule has 0 aliphatic heterocycles. The smallest absolute Gasteiger partial charge is 0.228 e. The van der Waals surface area contributed by atoms with Gasteiger partial charge in [0.2, 0.25) is 5.91 Å². The predicted molar refractivity (Wildman–Crippen MR) is 85.9 cm³/mol. The summed E-state index contributed by atoms with van der Waals surface area (Å²) in [6.45, 7) is 4.10. The van der Waals surface area contributed by atoms with Crippen molar-refractivity contribution in [3.05, 3.63) is 59.2 Å². The Balaban J connectivity index is 2.11. The summed E-state index contributed by atoms with van der Waals surface area (Å²) >= 11 is 0. The van der Waals surface area contributed by atoms with Gasteiger partial charge in [-0.15, -0.1) is 0 Å². The number of nitrogens with one attached hydrogen (secondary N) is 1. The molecule has 0 spiro atoms. The van der Waals surface area contributed by atoms with Gasteiger partial charge in [-0.2, -0.15) is 0 Å². The van der Waals surface area contributed by atoms with E-state index in [1.807, 2.05) is 49.4 Å². The minimum Gasteiger partial charge on any atom is -0.497 e. The Morgan fingerprint density at radius 2 is 1.95 bits per heavy atom. The van der Waals surface area contributed by atoms with E-state index >= 15 is 0 Å². The number of benzene rings is 2. The van der Waals surface area contributed by atoms with Crippen LogP contribution in [0.4, 0.5) is 5.69 Å². The summed E-state index contributed by atoms with van der Waals surface area (Å²) in [5.41, 5.74) is 4.13. The Labute approximate surface area is 126 Å². The highest BCUT2D eigenvalue weighted by Gasteiger charge is 2.09. The van der Waals surface area contributed by atoms with E-state index in [9.17, 15) is 4.79 Å². The number of rotatable bonds is 5. The van der Waals surface area contributed by atoms with Crippen LogP contribution < -0.4 is 10.1 Å². The minimum atomic E-state index is -0.00717. The fourth-order valence-corrected chi connectivity index (χ4v) is 2.35. The van der Waals surface area contributed by atoms with Gasteiger partial charge in [0.1, 0.15) is 5.75 Å². The van der Waals surface area contributed by atoms with Gasteiger partial charge in [0, 0.05) is 5.69 Å². The topological polar surface area (TPSA) is 38.3 Å². The van der Waals surface area contributed by atoms with Crippen LogP contribution in [0, 0.1) is 6.92 Å². The molecular formula is C18H21NO2. The van der Waals surface area contributed by atoms with E-state index in [4.69, 9.17) is 4.74 Å². The molecule has 0 heterocycles. The molecule has 3 heteroatoms. The predicted octanol–water partition coefficient (Wildman–Crippen LogP) is 3.75. The van der Waals surface area contributed by atoms with Gasteiger partial charge in [0.05, 0.1) is 13.5 Å². The molecule has 0 aliphatic rings. The zero-order valence-corrected chi connectivity index (χ0v) is 12.8. The van der Waals surface area contributed by atoms with Crippen LogP contribution in [0.15, 0.2) is 42.5 Å². The van der Waals surface area contributed by atoms with Gasteiger partial charge >= 0.3 is 0 Å². The Morgan fingerprint density at radius 3 is 2.67 bits per heavy atom. The molecule has 0 aliphatic carbocycles. The highest BCUT2D eigenvalue weighted by molar-refractivity contribution is 5.93. The molecule has 0 bridgehead atoms. The molecule has 0 unspecified atom stereocenters. The van der Waals surface area contributed by atoms with Crippen molar-refractivity contribution < 1.29 is 9.53 Å². The zero-order chi connectivity index (χ0) is 15.2. The van der Waals surface area contributed by atoms with Crippen molar-refractivity contribution in [3.8, 4) is 5.75 Å². The molecule has 2 rings (SSSR count). The van der Waals surface area contributed by atoms with Crippen LogP contribution in [0.5, 0.6) is 5.75 Å². The second-order valence-electron chi connectivity index (χ2n) is 5.04. The molecule has 0 saturated carbocycles. The highest BCUT2D eigenvalue weighted by atomic mass is 16.5. The number of methoxy groups -OCH3 is 1. The van der Waals surface area contributed by atoms with Crippen molar-refractivity contribution in [1.82, 2.24) is 0 Å². The Morgan fingerprint density at radius 1 is 1.19 bits per heavy atom. The number of carbonyl (C=O) groups excluding carboxylic acids is 1. The normalized spacial score (nSPS) is 10.2. The number of para-hydroxylation sites is 1. The van der Waals surface area contributed by atoms with Crippen LogP contribution in [-0.4, -0.2) is 13.0 Å². The van der Waals surface area contributed by atoms with Crippen molar-refractivity contribution in [2.45, 2.75) is 26.7 Å². The summed E-state index contributed by atoms with van der Waals surface area (Å²) in [5.74, 6) is 0.762. The van der Waals surface area contributed by atoms with Gasteiger partial charge in [-0.25, -0.2) is 0 Å². The maximum Gasteiger partial charge on any atom is 0.228 e.